The Morgan fingerprint density at radius 2 is 1.90 bits per heavy atom. The highest BCUT2D eigenvalue weighted by molar-refractivity contribution is 5.36. The van der Waals surface area contributed by atoms with E-state index in [4.69, 9.17) is 15.2 Å². The molecule has 2 N–H and O–H groups in total. The first kappa shape index (κ1) is 15.4. The van der Waals surface area contributed by atoms with E-state index in [-0.39, 0.29) is 5.92 Å². The van der Waals surface area contributed by atoms with Crippen molar-refractivity contribution in [2.24, 2.45) is 5.73 Å². The third-order valence-electron chi connectivity index (χ3n) is 3.59. The van der Waals surface area contributed by atoms with Crippen molar-refractivity contribution in [3.05, 3.63) is 59.7 Å². The Bertz CT molecular complexity index is 569. The molecule has 0 bridgehead atoms. The maximum absolute atomic E-state index is 5.92. The predicted octanol–water partition coefficient (Wildman–Crippen LogP) is 3.52. The number of ether oxygens (including phenoxy) is 2. The Morgan fingerprint density at radius 3 is 2.62 bits per heavy atom. The number of rotatable bonds is 7. The molecule has 0 radical (unpaired) electrons. The summed E-state index contributed by atoms with van der Waals surface area (Å²) in [5.41, 5.74) is 8.27. The van der Waals surface area contributed by atoms with Gasteiger partial charge < -0.3 is 15.2 Å². The number of methoxy groups -OCH3 is 1. The summed E-state index contributed by atoms with van der Waals surface area (Å²) in [5, 5.41) is 0. The first-order chi connectivity index (χ1) is 10.2. The molecule has 0 saturated heterocycles. The maximum Gasteiger partial charge on any atom is 0.122 e. The van der Waals surface area contributed by atoms with Crippen LogP contribution in [-0.2, 0) is 0 Å². The van der Waals surface area contributed by atoms with Crippen LogP contribution in [0.2, 0.25) is 0 Å². The lowest BCUT2D eigenvalue weighted by Gasteiger charge is -2.18. The zero-order valence-electron chi connectivity index (χ0n) is 12.7. The minimum atomic E-state index is 0.242. The van der Waals surface area contributed by atoms with Crippen LogP contribution < -0.4 is 15.2 Å². The van der Waals surface area contributed by atoms with Gasteiger partial charge in [-0.3, -0.25) is 0 Å². The fraction of sp³-hybridized carbons (Fsp3) is 0.333. The molecule has 2 aromatic rings. The van der Waals surface area contributed by atoms with Crippen molar-refractivity contribution in [2.75, 3.05) is 20.3 Å². The molecule has 112 valence electrons. The number of hydrogen-bond acceptors (Lipinski definition) is 3. The molecule has 2 rings (SSSR count). The predicted molar refractivity (Wildman–Crippen MR) is 86.1 cm³/mol. The van der Waals surface area contributed by atoms with Gasteiger partial charge in [0.1, 0.15) is 11.5 Å². The maximum atomic E-state index is 5.92. The van der Waals surface area contributed by atoms with Crippen molar-refractivity contribution in [2.45, 2.75) is 19.3 Å². The van der Waals surface area contributed by atoms with Gasteiger partial charge in [-0.15, -0.1) is 0 Å². The van der Waals surface area contributed by atoms with Crippen LogP contribution in [0.3, 0.4) is 0 Å². The molecule has 21 heavy (non-hydrogen) atoms. The summed E-state index contributed by atoms with van der Waals surface area (Å²) < 4.78 is 11.2. The molecule has 2 aromatic carbocycles. The van der Waals surface area contributed by atoms with Crippen molar-refractivity contribution in [3.8, 4) is 11.5 Å². The van der Waals surface area contributed by atoms with E-state index in [0.29, 0.717) is 13.2 Å². The van der Waals surface area contributed by atoms with Crippen LogP contribution in [0.4, 0.5) is 0 Å². The van der Waals surface area contributed by atoms with E-state index >= 15 is 0 Å². The molecule has 0 aromatic heterocycles. The van der Waals surface area contributed by atoms with E-state index in [1.54, 1.807) is 7.11 Å². The van der Waals surface area contributed by atoms with Crippen molar-refractivity contribution < 1.29 is 9.47 Å². The molecule has 0 aliphatic rings. The lowest BCUT2D eigenvalue weighted by molar-refractivity contribution is 0.296. The van der Waals surface area contributed by atoms with E-state index in [1.165, 1.54) is 5.56 Å². The standard InChI is InChI=1S/C18H23NO2/c1-14-6-5-7-16(12-14)21-11-10-15(13-19)17-8-3-4-9-18(17)20-2/h3-9,12,15H,10-11,13,19H2,1-2H3. The monoisotopic (exact) mass is 285 g/mol. The topological polar surface area (TPSA) is 44.5 Å². The number of benzene rings is 2. The Balaban J connectivity index is 1.96. The summed E-state index contributed by atoms with van der Waals surface area (Å²) in [4.78, 5) is 0. The second-order valence-electron chi connectivity index (χ2n) is 5.13. The van der Waals surface area contributed by atoms with Crippen LogP contribution in [0.5, 0.6) is 11.5 Å². The van der Waals surface area contributed by atoms with Crippen LogP contribution in [0.15, 0.2) is 48.5 Å². The molecule has 3 heteroatoms. The molecule has 1 unspecified atom stereocenters. The van der Waals surface area contributed by atoms with Gasteiger partial charge in [-0.2, -0.15) is 0 Å². The van der Waals surface area contributed by atoms with Crippen LogP contribution in [0, 0.1) is 6.92 Å². The Kier molecular flexibility index (Phi) is 5.64. The summed E-state index contributed by atoms with van der Waals surface area (Å²) in [5.74, 6) is 2.04. The largest absolute Gasteiger partial charge is 0.496 e. The van der Waals surface area contributed by atoms with Gasteiger partial charge >= 0.3 is 0 Å². The van der Waals surface area contributed by atoms with Gasteiger partial charge in [0.15, 0.2) is 0 Å². The highest BCUT2D eigenvalue weighted by Crippen LogP contribution is 2.28. The van der Waals surface area contributed by atoms with Gasteiger partial charge in [-0.05, 0) is 49.2 Å². The van der Waals surface area contributed by atoms with Crippen molar-refractivity contribution in [3.63, 3.8) is 0 Å². The van der Waals surface area contributed by atoms with E-state index in [1.807, 2.05) is 36.4 Å². The number of para-hydroxylation sites is 1. The average Bonchev–Trinajstić information content (AvgIpc) is 2.52. The highest BCUT2D eigenvalue weighted by atomic mass is 16.5. The van der Waals surface area contributed by atoms with Gasteiger partial charge in [-0.1, -0.05) is 30.3 Å². The average molecular weight is 285 g/mol. The SMILES string of the molecule is COc1ccccc1C(CN)CCOc1cccc(C)c1. The highest BCUT2D eigenvalue weighted by Gasteiger charge is 2.14. The molecule has 0 spiro atoms. The number of aryl methyl sites for hydroxylation is 1. The second kappa shape index (κ2) is 7.70. The Hall–Kier alpha value is -2.00. The van der Waals surface area contributed by atoms with E-state index in [0.717, 1.165) is 23.5 Å². The lowest BCUT2D eigenvalue weighted by Crippen LogP contribution is -2.16. The number of hydrogen-bond donors (Lipinski definition) is 1. The van der Waals surface area contributed by atoms with Crippen molar-refractivity contribution in [1.29, 1.82) is 0 Å². The summed E-state index contributed by atoms with van der Waals surface area (Å²) in [7, 11) is 1.69. The minimum Gasteiger partial charge on any atom is -0.496 e. The fourth-order valence-electron chi connectivity index (χ4n) is 2.43. The molecule has 1 atom stereocenters. The molecule has 0 amide bonds. The smallest absolute Gasteiger partial charge is 0.122 e. The summed E-state index contributed by atoms with van der Waals surface area (Å²) in [6.45, 7) is 3.28. The summed E-state index contributed by atoms with van der Waals surface area (Å²) in [6.07, 6.45) is 0.866. The summed E-state index contributed by atoms with van der Waals surface area (Å²) >= 11 is 0. The molecule has 0 heterocycles. The Labute approximate surface area is 126 Å². The van der Waals surface area contributed by atoms with E-state index in [2.05, 4.69) is 19.1 Å². The first-order valence-electron chi connectivity index (χ1n) is 7.27. The Morgan fingerprint density at radius 1 is 1.10 bits per heavy atom. The zero-order valence-corrected chi connectivity index (χ0v) is 12.7. The summed E-state index contributed by atoms with van der Waals surface area (Å²) in [6, 6.07) is 16.1. The van der Waals surface area contributed by atoms with Gasteiger partial charge in [0.2, 0.25) is 0 Å². The molecule has 3 nitrogen and oxygen atoms in total. The van der Waals surface area contributed by atoms with E-state index in [9.17, 15) is 0 Å². The zero-order chi connectivity index (χ0) is 15.1. The molecule has 0 aliphatic heterocycles. The van der Waals surface area contributed by atoms with Gasteiger partial charge in [0.05, 0.1) is 13.7 Å². The molecule has 0 aliphatic carbocycles. The van der Waals surface area contributed by atoms with E-state index < -0.39 is 0 Å². The van der Waals surface area contributed by atoms with Gasteiger partial charge in [0, 0.05) is 5.92 Å². The molecular formula is C18H23NO2. The molecule has 0 fully saturated rings. The quantitative estimate of drug-likeness (QED) is 0.846. The number of nitrogens with two attached hydrogens (primary N) is 1. The van der Waals surface area contributed by atoms with Crippen molar-refractivity contribution >= 4 is 0 Å². The van der Waals surface area contributed by atoms with Crippen LogP contribution in [-0.4, -0.2) is 20.3 Å². The minimum absolute atomic E-state index is 0.242. The third kappa shape index (κ3) is 4.23. The second-order valence-corrected chi connectivity index (χ2v) is 5.13. The van der Waals surface area contributed by atoms with Gasteiger partial charge in [0.25, 0.3) is 0 Å². The fourth-order valence-corrected chi connectivity index (χ4v) is 2.43. The molecule has 0 saturated carbocycles. The van der Waals surface area contributed by atoms with Crippen LogP contribution >= 0.6 is 0 Å². The van der Waals surface area contributed by atoms with Gasteiger partial charge in [-0.25, -0.2) is 0 Å². The van der Waals surface area contributed by atoms with Crippen molar-refractivity contribution in [1.82, 2.24) is 0 Å². The third-order valence-corrected chi connectivity index (χ3v) is 3.59. The van der Waals surface area contributed by atoms with Crippen LogP contribution in [0.1, 0.15) is 23.5 Å². The van der Waals surface area contributed by atoms with Crippen LogP contribution in [0.25, 0.3) is 0 Å². The first-order valence-corrected chi connectivity index (χ1v) is 7.27. The molecular weight excluding hydrogens is 262 g/mol. The normalized spacial score (nSPS) is 12.0. The lowest BCUT2D eigenvalue weighted by atomic mass is 9.95.